The molecule has 15 heavy (non-hydrogen) atoms. The average molecular weight is 211 g/mol. The van der Waals surface area contributed by atoms with Crippen molar-refractivity contribution in [2.75, 3.05) is 0 Å². The van der Waals surface area contributed by atoms with Crippen molar-refractivity contribution < 1.29 is 14.4 Å². The molecule has 0 aromatic rings. The Morgan fingerprint density at radius 3 is 2.40 bits per heavy atom. The normalized spacial score (nSPS) is 22.1. The lowest BCUT2D eigenvalue weighted by Gasteiger charge is -2.22. The van der Waals surface area contributed by atoms with Crippen LogP contribution in [0.25, 0.3) is 0 Å². The molecular formula is C11H17NO3. The molecule has 1 amide bonds. The average Bonchev–Trinajstić information content (AvgIpc) is 2.30. The van der Waals surface area contributed by atoms with Crippen LogP contribution in [0, 0.1) is 11.3 Å². The van der Waals surface area contributed by atoms with Gasteiger partial charge in [0.2, 0.25) is 0 Å². The maximum atomic E-state index is 11.6. The van der Waals surface area contributed by atoms with Gasteiger partial charge in [0, 0.05) is 12.3 Å². The quantitative estimate of drug-likeness (QED) is 0.665. The van der Waals surface area contributed by atoms with E-state index in [0.717, 1.165) is 5.06 Å². The predicted octanol–water partition coefficient (Wildman–Crippen LogP) is 1.87. The molecule has 0 radical (unpaired) electrons. The number of rotatable bonds is 1. The molecule has 1 aliphatic rings. The molecule has 0 spiro atoms. The summed E-state index contributed by atoms with van der Waals surface area (Å²) in [4.78, 5) is 28.0. The SMILES string of the molecule is C=C1C(C)CC(=O)N1OC(=O)C(C)(C)C. The van der Waals surface area contributed by atoms with Crippen LogP contribution in [0.5, 0.6) is 0 Å². The van der Waals surface area contributed by atoms with Crippen LogP contribution in [-0.2, 0) is 14.4 Å². The van der Waals surface area contributed by atoms with Crippen molar-refractivity contribution in [3.63, 3.8) is 0 Å². The zero-order valence-electron chi connectivity index (χ0n) is 9.66. The van der Waals surface area contributed by atoms with Gasteiger partial charge in [0.1, 0.15) is 0 Å². The molecule has 0 aromatic carbocycles. The van der Waals surface area contributed by atoms with Gasteiger partial charge in [-0.1, -0.05) is 13.5 Å². The van der Waals surface area contributed by atoms with E-state index in [1.54, 1.807) is 20.8 Å². The minimum absolute atomic E-state index is 0.0465. The Kier molecular flexibility index (Phi) is 2.88. The molecule has 84 valence electrons. The summed E-state index contributed by atoms with van der Waals surface area (Å²) in [7, 11) is 0. The van der Waals surface area contributed by atoms with E-state index < -0.39 is 11.4 Å². The van der Waals surface area contributed by atoms with Crippen LogP contribution in [0.4, 0.5) is 0 Å². The number of nitrogens with zero attached hydrogens (tertiary/aromatic N) is 1. The second-order valence-corrected chi connectivity index (χ2v) is 4.91. The fraction of sp³-hybridized carbons (Fsp3) is 0.636. The van der Waals surface area contributed by atoms with Crippen molar-refractivity contribution in [2.24, 2.45) is 11.3 Å². The summed E-state index contributed by atoms with van der Waals surface area (Å²) >= 11 is 0. The molecule has 0 N–H and O–H groups in total. The Morgan fingerprint density at radius 2 is 2.07 bits per heavy atom. The van der Waals surface area contributed by atoms with E-state index >= 15 is 0 Å². The Bertz CT molecular complexity index is 314. The van der Waals surface area contributed by atoms with Crippen molar-refractivity contribution in [3.05, 3.63) is 12.3 Å². The number of allylic oxidation sites excluding steroid dienone is 1. The number of hydroxylamine groups is 2. The van der Waals surface area contributed by atoms with Gasteiger partial charge < -0.3 is 4.84 Å². The summed E-state index contributed by atoms with van der Waals surface area (Å²) in [5.41, 5.74) is -0.0653. The monoisotopic (exact) mass is 211 g/mol. The number of carbonyl (C=O) groups excluding carboxylic acids is 2. The Morgan fingerprint density at radius 1 is 1.53 bits per heavy atom. The highest BCUT2D eigenvalue weighted by atomic mass is 16.7. The minimum atomic E-state index is -0.619. The standard InChI is InChI=1S/C11H17NO3/c1-7-6-9(13)12(8(7)2)15-10(14)11(3,4)5/h7H,2,6H2,1,3-5H3. The third-order valence-electron chi connectivity index (χ3n) is 2.32. The molecule has 1 saturated heterocycles. The van der Waals surface area contributed by atoms with E-state index in [1.165, 1.54) is 0 Å². The second kappa shape index (κ2) is 3.68. The fourth-order valence-corrected chi connectivity index (χ4v) is 1.15. The lowest BCUT2D eigenvalue weighted by molar-refractivity contribution is -0.194. The number of hydrogen-bond donors (Lipinski definition) is 0. The molecule has 0 bridgehead atoms. The largest absolute Gasteiger partial charge is 0.338 e. The van der Waals surface area contributed by atoms with Crippen LogP contribution >= 0.6 is 0 Å². The molecule has 1 unspecified atom stereocenters. The molecule has 1 aliphatic heterocycles. The molecule has 1 heterocycles. The van der Waals surface area contributed by atoms with E-state index in [9.17, 15) is 9.59 Å². The Labute approximate surface area is 89.8 Å². The summed E-state index contributed by atoms with van der Waals surface area (Å²) in [5, 5.41) is 1.03. The lowest BCUT2D eigenvalue weighted by Crippen LogP contribution is -2.33. The fourth-order valence-electron chi connectivity index (χ4n) is 1.15. The van der Waals surface area contributed by atoms with Gasteiger partial charge in [-0.25, -0.2) is 4.79 Å². The number of amides is 1. The van der Waals surface area contributed by atoms with Gasteiger partial charge in [0.05, 0.1) is 11.1 Å². The molecule has 0 aromatic heterocycles. The van der Waals surface area contributed by atoms with Crippen molar-refractivity contribution in [1.29, 1.82) is 0 Å². The van der Waals surface area contributed by atoms with E-state index in [4.69, 9.17) is 4.84 Å². The van der Waals surface area contributed by atoms with Crippen LogP contribution in [0.2, 0.25) is 0 Å². The summed E-state index contributed by atoms with van der Waals surface area (Å²) in [6.07, 6.45) is 0.357. The van der Waals surface area contributed by atoms with Gasteiger partial charge in [-0.05, 0) is 20.8 Å². The van der Waals surface area contributed by atoms with Crippen molar-refractivity contribution >= 4 is 11.9 Å². The van der Waals surface area contributed by atoms with Crippen LogP contribution < -0.4 is 0 Å². The van der Waals surface area contributed by atoms with Crippen molar-refractivity contribution in [2.45, 2.75) is 34.1 Å². The molecule has 0 aliphatic carbocycles. The van der Waals surface area contributed by atoms with Crippen LogP contribution in [0.1, 0.15) is 34.1 Å². The Balaban J connectivity index is 2.71. The van der Waals surface area contributed by atoms with E-state index in [-0.39, 0.29) is 11.8 Å². The number of carbonyl (C=O) groups is 2. The highest BCUT2D eigenvalue weighted by Gasteiger charge is 2.36. The zero-order valence-corrected chi connectivity index (χ0v) is 9.66. The molecule has 1 fully saturated rings. The van der Waals surface area contributed by atoms with Crippen LogP contribution in [0.3, 0.4) is 0 Å². The third kappa shape index (κ3) is 2.37. The number of hydrogen-bond acceptors (Lipinski definition) is 3. The van der Waals surface area contributed by atoms with Gasteiger partial charge >= 0.3 is 5.97 Å². The first-order valence-electron chi connectivity index (χ1n) is 4.97. The molecule has 0 saturated carbocycles. The smallest absolute Gasteiger partial charge is 0.333 e. The van der Waals surface area contributed by atoms with Gasteiger partial charge in [0.25, 0.3) is 5.91 Å². The van der Waals surface area contributed by atoms with E-state index in [1.807, 2.05) is 6.92 Å². The van der Waals surface area contributed by atoms with E-state index in [2.05, 4.69) is 6.58 Å². The Hall–Kier alpha value is -1.32. The molecule has 4 nitrogen and oxygen atoms in total. The second-order valence-electron chi connectivity index (χ2n) is 4.91. The molecule has 1 rings (SSSR count). The first-order valence-corrected chi connectivity index (χ1v) is 4.97. The highest BCUT2D eigenvalue weighted by molar-refractivity contribution is 5.83. The van der Waals surface area contributed by atoms with Gasteiger partial charge in [-0.15, -0.1) is 5.06 Å². The first-order chi connectivity index (χ1) is 6.73. The van der Waals surface area contributed by atoms with Gasteiger partial charge in [-0.3, -0.25) is 4.79 Å². The van der Waals surface area contributed by atoms with Gasteiger partial charge in [0.15, 0.2) is 0 Å². The lowest BCUT2D eigenvalue weighted by atomic mass is 9.98. The summed E-state index contributed by atoms with van der Waals surface area (Å²) in [6.45, 7) is 10.8. The highest BCUT2D eigenvalue weighted by Crippen LogP contribution is 2.29. The zero-order chi connectivity index (χ0) is 11.8. The van der Waals surface area contributed by atoms with Crippen molar-refractivity contribution in [1.82, 2.24) is 5.06 Å². The van der Waals surface area contributed by atoms with Crippen molar-refractivity contribution in [3.8, 4) is 0 Å². The third-order valence-corrected chi connectivity index (χ3v) is 2.32. The maximum absolute atomic E-state index is 11.6. The first kappa shape index (κ1) is 11.8. The van der Waals surface area contributed by atoms with Crippen LogP contribution in [-0.4, -0.2) is 16.9 Å². The van der Waals surface area contributed by atoms with E-state index in [0.29, 0.717) is 12.1 Å². The minimum Gasteiger partial charge on any atom is -0.333 e. The molecule has 4 heteroatoms. The molecule has 1 atom stereocenters. The summed E-state index contributed by atoms with van der Waals surface area (Å²) < 4.78 is 0. The summed E-state index contributed by atoms with van der Waals surface area (Å²) in [6, 6.07) is 0. The predicted molar refractivity (Wildman–Crippen MR) is 55.3 cm³/mol. The summed E-state index contributed by atoms with van der Waals surface area (Å²) in [5.74, 6) is -0.582. The van der Waals surface area contributed by atoms with Crippen LogP contribution in [0.15, 0.2) is 12.3 Å². The maximum Gasteiger partial charge on any atom is 0.338 e. The van der Waals surface area contributed by atoms with Gasteiger partial charge in [-0.2, -0.15) is 0 Å². The topological polar surface area (TPSA) is 46.6 Å². The molecular weight excluding hydrogens is 194 g/mol.